The molecule has 3 rings (SSSR count). The smallest absolute Gasteiger partial charge is 0.257 e. The van der Waals surface area contributed by atoms with Crippen LogP contribution in [0.5, 0.6) is 0 Å². The molecule has 2 saturated heterocycles. The molecule has 0 bridgehead atoms. The van der Waals surface area contributed by atoms with Crippen molar-refractivity contribution in [3.8, 4) is 0 Å². The largest absolute Gasteiger partial charge is 0.378 e. The van der Waals surface area contributed by atoms with Crippen LogP contribution in [0.25, 0.3) is 0 Å². The van der Waals surface area contributed by atoms with Crippen molar-refractivity contribution in [2.45, 2.75) is 19.8 Å². The van der Waals surface area contributed by atoms with Crippen molar-refractivity contribution in [1.82, 2.24) is 9.88 Å². The highest BCUT2D eigenvalue weighted by Crippen LogP contribution is 2.25. The van der Waals surface area contributed by atoms with E-state index in [2.05, 4.69) is 16.8 Å². The van der Waals surface area contributed by atoms with E-state index < -0.39 is 0 Å². The Balaban J connectivity index is 1.80. The molecule has 2 aliphatic heterocycles. The molecule has 2 fully saturated rings. The summed E-state index contributed by atoms with van der Waals surface area (Å²) in [6.07, 6.45) is 4.12. The number of piperidine rings is 1. The maximum atomic E-state index is 12.7. The lowest BCUT2D eigenvalue weighted by atomic mass is 9.99. The third-order valence-electron chi connectivity index (χ3n) is 4.40. The van der Waals surface area contributed by atoms with Crippen LogP contribution in [0.15, 0.2) is 18.3 Å². The Bertz CT molecular complexity index is 492. The summed E-state index contributed by atoms with van der Waals surface area (Å²) < 4.78 is 5.32. The summed E-state index contributed by atoms with van der Waals surface area (Å²) in [4.78, 5) is 21.4. The van der Waals surface area contributed by atoms with Gasteiger partial charge in [0.2, 0.25) is 0 Å². The van der Waals surface area contributed by atoms with E-state index in [-0.39, 0.29) is 5.91 Å². The van der Waals surface area contributed by atoms with Crippen molar-refractivity contribution in [2.24, 2.45) is 5.92 Å². The van der Waals surface area contributed by atoms with Crippen LogP contribution in [0.3, 0.4) is 0 Å². The van der Waals surface area contributed by atoms with Gasteiger partial charge in [0, 0.05) is 32.4 Å². The molecule has 5 nitrogen and oxygen atoms in total. The Hall–Kier alpha value is -1.62. The van der Waals surface area contributed by atoms with Gasteiger partial charge in [0.1, 0.15) is 5.82 Å². The maximum absolute atomic E-state index is 12.7. The van der Waals surface area contributed by atoms with Crippen LogP contribution in [-0.4, -0.2) is 55.2 Å². The first-order valence-electron chi connectivity index (χ1n) is 7.82. The minimum Gasteiger partial charge on any atom is -0.378 e. The lowest BCUT2D eigenvalue weighted by Gasteiger charge is -2.33. The van der Waals surface area contributed by atoms with Gasteiger partial charge in [-0.15, -0.1) is 0 Å². The first-order chi connectivity index (χ1) is 10.3. The number of amides is 1. The Morgan fingerprint density at radius 2 is 1.95 bits per heavy atom. The van der Waals surface area contributed by atoms with Gasteiger partial charge in [-0.2, -0.15) is 0 Å². The number of hydrogen-bond acceptors (Lipinski definition) is 4. The van der Waals surface area contributed by atoms with E-state index in [9.17, 15) is 4.79 Å². The third-order valence-corrected chi connectivity index (χ3v) is 4.40. The predicted molar refractivity (Wildman–Crippen MR) is 81.6 cm³/mol. The molecule has 0 unspecified atom stereocenters. The molecule has 5 heteroatoms. The maximum Gasteiger partial charge on any atom is 0.257 e. The first kappa shape index (κ1) is 14.3. The summed E-state index contributed by atoms with van der Waals surface area (Å²) in [5.74, 6) is 1.70. The molecule has 0 radical (unpaired) electrons. The fraction of sp³-hybridized carbons (Fsp3) is 0.625. The molecule has 0 aromatic carbocycles. The molecular weight excluding hydrogens is 266 g/mol. The van der Waals surface area contributed by atoms with Crippen LogP contribution in [-0.2, 0) is 4.74 Å². The topological polar surface area (TPSA) is 45.7 Å². The summed E-state index contributed by atoms with van der Waals surface area (Å²) in [6.45, 7) is 6.86. The van der Waals surface area contributed by atoms with Gasteiger partial charge < -0.3 is 14.5 Å². The van der Waals surface area contributed by atoms with E-state index in [1.807, 2.05) is 17.0 Å². The minimum absolute atomic E-state index is 0.0834. The van der Waals surface area contributed by atoms with Crippen LogP contribution in [0.1, 0.15) is 30.1 Å². The number of hydrogen-bond donors (Lipinski definition) is 0. The number of rotatable bonds is 2. The fourth-order valence-electron chi connectivity index (χ4n) is 2.97. The van der Waals surface area contributed by atoms with E-state index in [4.69, 9.17) is 4.74 Å². The SMILES string of the molecule is CC1CCN(c2ncccc2C(=O)N2CCOCC2)CC1. The molecule has 1 amide bonds. The fourth-order valence-corrected chi connectivity index (χ4v) is 2.97. The molecule has 3 heterocycles. The van der Waals surface area contributed by atoms with Gasteiger partial charge >= 0.3 is 0 Å². The lowest BCUT2D eigenvalue weighted by molar-refractivity contribution is 0.0303. The predicted octanol–water partition coefficient (Wildman–Crippen LogP) is 1.79. The second kappa shape index (κ2) is 6.43. The Morgan fingerprint density at radius 3 is 2.67 bits per heavy atom. The van der Waals surface area contributed by atoms with E-state index in [1.54, 1.807) is 6.20 Å². The highest BCUT2D eigenvalue weighted by atomic mass is 16.5. The van der Waals surface area contributed by atoms with Gasteiger partial charge in [0.15, 0.2) is 0 Å². The standard InChI is InChI=1S/C16H23N3O2/c1-13-4-7-18(8-5-13)15-14(3-2-6-17-15)16(20)19-9-11-21-12-10-19/h2-3,6,13H,4-5,7-12H2,1H3. The minimum atomic E-state index is 0.0834. The van der Waals surface area contributed by atoms with Crippen molar-refractivity contribution in [3.05, 3.63) is 23.9 Å². The Labute approximate surface area is 125 Å². The quantitative estimate of drug-likeness (QED) is 0.833. The molecule has 0 saturated carbocycles. The summed E-state index contributed by atoms with van der Waals surface area (Å²) in [7, 11) is 0. The van der Waals surface area contributed by atoms with E-state index in [1.165, 1.54) is 12.8 Å². The van der Waals surface area contributed by atoms with Gasteiger partial charge in [0.05, 0.1) is 18.8 Å². The molecule has 114 valence electrons. The van der Waals surface area contributed by atoms with Gasteiger partial charge in [-0.1, -0.05) is 6.92 Å². The van der Waals surface area contributed by atoms with Crippen LogP contribution < -0.4 is 4.90 Å². The molecule has 0 N–H and O–H groups in total. The van der Waals surface area contributed by atoms with Crippen LogP contribution in [0, 0.1) is 5.92 Å². The zero-order valence-electron chi connectivity index (χ0n) is 12.6. The van der Waals surface area contributed by atoms with Crippen molar-refractivity contribution in [3.63, 3.8) is 0 Å². The van der Waals surface area contributed by atoms with Crippen molar-refractivity contribution in [2.75, 3.05) is 44.3 Å². The average Bonchev–Trinajstić information content (AvgIpc) is 2.56. The normalized spacial score (nSPS) is 20.6. The molecule has 0 spiro atoms. The zero-order valence-corrected chi connectivity index (χ0v) is 12.6. The number of carbonyl (C=O) groups excluding carboxylic acids is 1. The van der Waals surface area contributed by atoms with E-state index in [0.29, 0.717) is 26.3 Å². The number of carbonyl (C=O) groups is 1. The Morgan fingerprint density at radius 1 is 1.24 bits per heavy atom. The zero-order chi connectivity index (χ0) is 14.7. The lowest BCUT2D eigenvalue weighted by Crippen LogP contribution is -2.42. The van der Waals surface area contributed by atoms with Gasteiger partial charge in [-0.3, -0.25) is 4.79 Å². The van der Waals surface area contributed by atoms with Gasteiger partial charge in [-0.25, -0.2) is 4.98 Å². The Kier molecular flexibility index (Phi) is 4.39. The summed E-state index contributed by atoms with van der Waals surface area (Å²) in [5.41, 5.74) is 0.731. The summed E-state index contributed by atoms with van der Waals surface area (Å²) in [5, 5.41) is 0. The van der Waals surface area contributed by atoms with Gasteiger partial charge in [0.25, 0.3) is 5.91 Å². The second-order valence-corrected chi connectivity index (χ2v) is 5.95. The number of anilines is 1. The molecule has 1 aromatic heterocycles. The number of pyridine rings is 1. The third kappa shape index (κ3) is 3.18. The molecule has 2 aliphatic rings. The number of ether oxygens (including phenoxy) is 1. The average molecular weight is 289 g/mol. The van der Waals surface area contributed by atoms with Crippen LogP contribution in [0.4, 0.5) is 5.82 Å². The summed E-state index contributed by atoms with van der Waals surface area (Å²) >= 11 is 0. The van der Waals surface area contributed by atoms with Crippen LogP contribution in [0.2, 0.25) is 0 Å². The molecule has 1 aromatic rings. The molecular formula is C16H23N3O2. The molecule has 21 heavy (non-hydrogen) atoms. The highest BCUT2D eigenvalue weighted by Gasteiger charge is 2.25. The number of morpholine rings is 1. The molecule has 0 atom stereocenters. The van der Waals surface area contributed by atoms with Crippen molar-refractivity contribution in [1.29, 1.82) is 0 Å². The highest BCUT2D eigenvalue weighted by molar-refractivity contribution is 5.99. The van der Waals surface area contributed by atoms with Crippen LogP contribution >= 0.6 is 0 Å². The van der Waals surface area contributed by atoms with E-state index >= 15 is 0 Å². The second-order valence-electron chi connectivity index (χ2n) is 5.95. The van der Waals surface area contributed by atoms with Crippen molar-refractivity contribution >= 4 is 11.7 Å². The molecule has 0 aliphatic carbocycles. The first-order valence-corrected chi connectivity index (χ1v) is 7.82. The van der Waals surface area contributed by atoms with Gasteiger partial charge in [-0.05, 0) is 30.9 Å². The number of nitrogens with zero attached hydrogens (tertiary/aromatic N) is 3. The summed E-state index contributed by atoms with van der Waals surface area (Å²) in [6, 6.07) is 3.75. The monoisotopic (exact) mass is 289 g/mol. The van der Waals surface area contributed by atoms with Crippen molar-refractivity contribution < 1.29 is 9.53 Å². The van der Waals surface area contributed by atoms with E-state index in [0.717, 1.165) is 30.4 Å². The number of aromatic nitrogens is 1.